The molecule has 0 unspecified atom stereocenters. The van der Waals surface area contributed by atoms with Gasteiger partial charge in [-0.1, -0.05) is 52.3 Å². The Labute approximate surface area is 150 Å². The normalized spacial score (nSPS) is 10.5. The molecule has 2 aromatic carbocycles. The Bertz CT molecular complexity index is 821. The molecular weight excluding hydrogens is 364 g/mol. The molecule has 4 nitrogen and oxygen atoms in total. The molecule has 5 heteroatoms. The summed E-state index contributed by atoms with van der Waals surface area (Å²) in [5, 5.41) is 4.00. The molecule has 122 valence electrons. The summed E-state index contributed by atoms with van der Waals surface area (Å²) in [5.41, 5.74) is 4.18. The molecule has 1 aromatic heterocycles. The average Bonchev–Trinajstić information content (AvgIpc) is 2.63. The van der Waals surface area contributed by atoms with Crippen molar-refractivity contribution >= 4 is 39.1 Å². The molecule has 3 rings (SSSR count). The van der Waals surface area contributed by atoms with Crippen LogP contribution in [0.3, 0.4) is 0 Å². The van der Waals surface area contributed by atoms with Crippen molar-refractivity contribution in [2.75, 3.05) is 17.3 Å². The first-order chi connectivity index (χ1) is 11.7. The molecule has 0 amide bonds. The van der Waals surface area contributed by atoms with Crippen LogP contribution in [0.2, 0.25) is 0 Å². The van der Waals surface area contributed by atoms with Crippen molar-refractivity contribution in [1.29, 1.82) is 0 Å². The van der Waals surface area contributed by atoms with Crippen LogP contribution in [0.15, 0.2) is 60.7 Å². The lowest BCUT2D eigenvalue weighted by molar-refractivity contribution is 1.05. The van der Waals surface area contributed by atoms with E-state index in [2.05, 4.69) is 61.2 Å². The number of alkyl halides is 1. The Kier molecular flexibility index (Phi) is 5.11. The fraction of sp³-hybridized carbons (Fsp3) is 0.158. The Morgan fingerprint density at radius 2 is 1.71 bits per heavy atom. The van der Waals surface area contributed by atoms with Crippen LogP contribution in [0.25, 0.3) is 0 Å². The molecule has 3 aromatic rings. The van der Waals surface area contributed by atoms with Gasteiger partial charge in [0.1, 0.15) is 5.82 Å². The quantitative estimate of drug-likeness (QED) is 0.616. The second-order valence-electron chi connectivity index (χ2n) is 5.51. The molecule has 0 bridgehead atoms. The van der Waals surface area contributed by atoms with Gasteiger partial charge >= 0.3 is 0 Å². The summed E-state index contributed by atoms with van der Waals surface area (Å²) in [7, 11) is 2.01. The smallest absolute Gasteiger partial charge is 0.229 e. The van der Waals surface area contributed by atoms with Gasteiger partial charge in [0.05, 0.1) is 5.69 Å². The van der Waals surface area contributed by atoms with Crippen molar-refractivity contribution in [3.63, 3.8) is 0 Å². The van der Waals surface area contributed by atoms with E-state index in [0.717, 1.165) is 28.5 Å². The summed E-state index contributed by atoms with van der Waals surface area (Å²) in [6.07, 6.45) is 0. The minimum Gasteiger partial charge on any atom is -0.329 e. The maximum Gasteiger partial charge on any atom is 0.229 e. The van der Waals surface area contributed by atoms with Crippen molar-refractivity contribution in [3.05, 3.63) is 71.9 Å². The maximum absolute atomic E-state index is 4.68. The zero-order valence-corrected chi connectivity index (χ0v) is 15.3. The minimum atomic E-state index is 0.596. The SMILES string of the molecule is Cc1ccccc1Nc1nc(CBr)cc(N(C)c2ccccc2)n1. The molecule has 1 N–H and O–H groups in total. The lowest BCUT2D eigenvalue weighted by Crippen LogP contribution is -2.13. The molecule has 0 aliphatic heterocycles. The number of halogens is 1. The molecule has 0 fully saturated rings. The summed E-state index contributed by atoms with van der Waals surface area (Å²) in [6, 6.07) is 20.3. The van der Waals surface area contributed by atoms with Crippen molar-refractivity contribution in [2.45, 2.75) is 12.3 Å². The number of aryl methyl sites for hydroxylation is 1. The highest BCUT2D eigenvalue weighted by Crippen LogP contribution is 2.25. The van der Waals surface area contributed by atoms with Gasteiger partial charge in [0.2, 0.25) is 5.95 Å². The summed E-state index contributed by atoms with van der Waals surface area (Å²) in [4.78, 5) is 11.3. The van der Waals surface area contributed by atoms with Crippen molar-refractivity contribution in [1.82, 2.24) is 9.97 Å². The van der Waals surface area contributed by atoms with Crippen molar-refractivity contribution < 1.29 is 0 Å². The van der Waals surface area contributed by atoms with Crippen LogP contribution < -0.4 is 10.2 Å². The van der Waals surface area contributed by atoms with Crippen LogP contribution in [0.4, 0.5) is 23.1 Å². The highest BCUT2D eigenvalue weighted by Gasteiger charge is 2.10. The predicted octanol–water partition coefficient (Wildman–Crippen LogP) is 5.19. The third-order valence-electron chi connectivity index (χ3n) is 3.78. The standard InChI is InChI=1S/C19H19BrN4/c1-14-8-6-7-11-17(14)22-19-21-15(13-20)12-18(23-19)24(2)16-9-4-3-5-10-16/h3-12H,13H2,1-2H3,(H,21,22,23). The van der Waals surface area contributed by atoms with E-state index in [1.165, 1.54) is 0 Å². The number of nitrogens with zero attached hydrogens (tertiary/aromatic N) is 3. The Balaban J connectivity index is 1.95. The van der Waals surface area contributed by atoms with Gasteiger partial charge in [-0.05, 0) is 30.7 Å². The number of anilines is 4. The summed E-state index contributed by atoms with van der Waals surface area (Å²) in [6.45, 7) is 2.06. The fourth-order valence-electron chi connectivity index (χ4n) is 2.40. The van der Waals surface area contributed by atoms with E-state index in [4.69, 9.17) is 0 Å². The van der Waals surface area contributed by atoms with Gasteiger partial charge in [-0.2, -0.15) is 4.98 Å². The van der Waals surface area contributed by atoms with Crippen molar-refractivity contribution in [3.8, 4) is 0 Å². The molecule has 0 radical (unpaired) electrons. The number of hydrogen-bond acceptors (Lipinski definition) is 4. The monoisotopic (exact) mass is 382 g/mol. The van der Waals surface area contributed by atoms with Gasteiger partial charge in [0, 0.05) is 29.8 Å². The second-order valence-corrected chi connectivity index (χ2v) is 6.07. The average molecular weight is 383 g/mol. The van der Waals surface area contributed by atoms with Gasteiger partial charge in [-0.25, -0.2) is 4.98 Å². The first kappa shape index (κ1) is 16.5. The lowest BCUT2D eigenvalue weighted by Gasteiger charge is -2.20. The highest BCUT2D eigenvalue weighted by atomic mass is 79.9. The van der Waals surface area contributed by atoms with Crippen LogP contribution >= 0.6 is 15.9 Å². The number of nitrogens with one attached hydrogen (secondary N) is 1. The molecule has 24 heavy (non-hydrogen) atoms. The summed E-state index contributed by atoms with van der Waals surface area (Å²) in [5.74, 6) is 1.45. The number of aromatic nitrogens is 2. The fourth-order valence-corrected chi connectivity index (χ4v) is 2.68. The predicted molar refractivity (Wildman–Crippen MR) is 104 cm³/mol. The van der Waals surface area contributed by atoms with E-state index >= 15 is 0 Å². The molecule has 1 heterocycles. The van der Waals surface area contributed by atoms with Crippen molar-refractivity contribution in [2.24, 2.45) is 0 Å². The number of rotatable bonds is 5. The second kappa shape index (κ2) is 7.45. The van der Waals surface area contributed by atoms with Gasteiger partial charge in [-0.15, -0.1) is 0 Å². The molecular formula is C19H19BrN4. The largest absolute Gasteiger partial charge is 0.329 e. The van der Waals surface area contributed by atoms with Crippen LogP contribution in [0.5, 0.6) is 0 Å². The van der Waals surface area contributed by atoms with E-state index in [1.807, 2.05) is 49.5 Å². The van der Waals surface area contributed by atoms with Crippen LogP contribution in [0.1, 0.15) is 11.3 Å². The highest BCUT2D eigenvalue weighted by molar-refractivity contribution is 9.08. The Morgan fingerprint density at radius 3 is 2.42 bits per heavy atom. The zero-order valence-electron chi connectivity index (χ0n) is 13.7. The third kappa shape index (κ3) is 3.74. The maximum atomic E-state index is 4.68. The summed E-state index contributed by atoms with van der Waals surface area (Å²) < 4.78 is 0. The lowest BCUT2D eigenvalue weighted by atomic mass is 10.2. The molecule has 0 aliphatic carbocycles. The van der Waals surface area contributed by atoms with Gasteiger partial charge in [-0.3, -0.25) is 0 Å². The molecule has 0 spiro atoms. The molecule has 0 saturated carbocycles. The van der Waals surface area contributed by atoms with E-state index in [1.54, 1.807) is 0 Å². The van der Waals surface area contributed by atoms with Gasteiger partial charge in [0.15, 0.2) is 0 Å². The first-order valence-corrected chi connectivity index (χ1v) is 8.85. The van der Waals surface area contributed by atoms with E-state index in [-0.39, 0.29) is 0 Å². The number of para-hydroxylation sites is 2. The van der Waals surface area contributed by atoms with Gasteiger partial charge < -0.3 is 10.2 Å². The topological polar surface area (TPSA) is 41.1 Å². The zero-order chi connectivity index (χ0) is 16.9. The number of hydrogen-bond donors (Lipinski definition) is 1. The summed E-state index contributed by atoms with van der Waals surface area (Å²) >= 11 is 3.49. The van der Waals surface area contributed by atoms with Crippen LogP contribution in [-0.2, 0) is 5.33 Å². The van der Waals surface area contributed by atoms with Gasteiger partial charge in [0.25, 0.3) is 0 Å². The Hall–Kier alpha value is -2.40. The Morgan fingerprint density at radius 1 is 1.00 bits per heavy atom. The van der Waals surface area contributed by atoms with E-state index in [0.29, 0.717) is 11.3 Å². The minimum absolute atomic E-state index is 0.596. The first-order valence-electron chi connectivity index (χ1n) is 7.73. The molecule has 0 saturated heterocycles. The molecule has 0 aliphatic rings. The number of benzene rings is 2. The third-order valence-corrected chi connectivity index (χ3v) is 4.36. The van der Waals surface area contributed by atoms with Crippen LogP contribution in [-0.4, -0.2) is 17.0 Å². The molecule has 0 atom stereocenters. The van der Waals surface area contributed by atoms with E-state index < -0.39 is 0 Å². The van der Waals surface area contributed by atoms with E-state index in [9.17, 15) is 0 Å². The van der Waals surface area contributed by atoms with Crippen LogP contribution in [0, 0.1) is 6.92 Å².